The third-order valence-electron chi connectivity index (χ3n) is 2.67. The zero-order chi connectivity index (χ0) is 12.7. The Morgan fingerprint density at radius 1 is 1.33 bits per heavy atom. The van der Waals surface area contributed by atoms with Crippen molar-refractivity contribution in [3.05, 3.63) is 44.7 Å². The Bertz CT molecular complexity index is 779. The molecule has 0 radical (unpaired) electrons. The van der Waals surface area contributed by atoms with E-state index in [1.807, 2.05) is 17.5 Å². The van der Waals surface area contributed by atoms with Crippen LogP contribution < -0.4 is 5.56 Å². The van der Waals surface area contributed by atoms with Gasteiger partial charge in [0.05, 0.1) is 10.1 Å². The molecule has 0 aliphatic carbocycles. The molecule has 3 rings (SSSR count). The lowest BCUT2D eigenvalue weighted by atomic mass is 10.1. The van der Waals surface area contributed by atoms with Crippen LogP contribution in [0.3, 0.4) is 0 Å². The third-order valence-corrected chi connectivity index (χ3v) is 4.59. The Kier molecular flexibility index (Phi) is 2.76. The van der Waals surface area contributed by atoms with E-state index in [-0.39, 0.29) is 5.56 Å². The predicted molar refractivity (Wildman–Crippen MR) is 75.8 cm³/mol. The SMILES string of the molecule is Cn1nc(-c2ccncc2)c2scc(Br)c2c1=O. The van der Waals surface area contributed by atoms with Crippen LogP contribution in [0.1, 0.15) is 0 Å². The van der Waals surface area contributed by atoms with Gasteiger partial charge >= 0.3 is 0 Å². The first-order valence-electron chi connectivity index (χ1n) is 5.23. The topological polar surface area (TPSA) is 47.8 Å². The Morgan fingerprint density at radius 3 is 2.78 bits per heavy atom. The molecular formula is C12H8BrN3OS. The molecule has 0 spiro atoms. The summed E-state index contributed by atoms with van der Waals surface area (Å²) >= 11 is 4.93. The van der Waals surface area contributed by atoms with Crippen LogP contribution in [0.15, 0.2) is 39.2 Å². The van der Waals surface area contributed by atoms with Gasteiger partial charge in [0.15, 0.2) is 0 Å². The number of rotatable bonds is 1. The molecule has 18 heavy (non-hydrogen) atoms. The second kappa shape index (κ2) is 4.29. The Labute approximate surface area is 115 Å². The number of halogens is 1. The highest BCUT2D eigenvalue weighted by atomic mass is 79.9. The van der Waals surface area contributed by atoms with E-state index in [0.29, 0.717) is 5.39 Å². The van der Waals surface area contributed by atoms with Crippen LogP contribution in [0.25, 0.3) is 21.3 Å². The van der Waals surface area contributed by atoms with Crippen LogP contribution >= 0.6 is 27.3 Å². The monoisotopic (exact) mass is 321 g/mol. The van der Waals surface area contributed by atoms with Gasteiger partial charge in [-0.05, 0) is 28.1 Å². The minimum Gasteiger partial charge on any atom is -0.267 e. The molecule has 0 saturated carbocycles. The van der Waals surface area contributed by atoms with Crippen molar-refractivity contribution in [1.29, 1.82) is 0 Å². The van der Waals surface area contributed by atoms with Crippen molar-refractivity contribution < 1.29 is 0 Å². The normalized spacial score (nSPS) is 11.0. The van der Waals surface area contributed by atoms with Gasteiger partial charge in [0.1, 0.15) is 5.69 Å². The number of pyridine rings is 1. The van der Waals surface area contributed by atoms with Crippen molar-refractivity contribution in [2.75, 3.05) is 0 Å². The van der Waals surface area contributed by atoms with Crippen LogP contribution in [-0.4, -0.2) is 14.8 Å². The fraction of sp³-hybridized carbons (Fsp3) is 0.0833. The molecule has 6 heteroatoms. The molecule has 3 heterocycles. The van der Waals surface area contributed by atoms with E-state index in [1.165, 1.54) is 16.0 Å². The average molecular weight is 322 g/mol. The van der Waals surface area contributed by atoms with Crippen molar-refractivity contribution in [2.45, 2.75) is 0 Å². The van der Waals surface area contributed by atoms with Crippen molar-refractivity contribution in [3.63, 3.8) is 0 Å². The van der Waals surface area contributed by atoms with Gasteiger partial charge in [-0.3, -0.25) is 9.78 Å². The Morgan fingerprint density at radius 2 is 2.06 bits per heavy atom. The molecule has 90 valence electrons. The lowest BCUT2D eigenvalue weighted by Gasteiger charge is -2.04. The maximum Gasteiger partial charge on any atom is 0.276 e. The Hall–Kier alpha value is -1.53. The van der Waals surface area contributed by atoms with Crippen LogP contribution in [0, 0.1) is 0 Å². The minimum absolute atomic E-state index is 0.0871. The summed E-state index contributed by atoms with van der Waals surface area (Å²) in [5.41, 5.74) is 1.68. The standard InChI is InChI=1S/C12H8BrN3OS/c1-16-12(17)9-8(13)6-18-11(9)10(15-16)7-2-4-14-5-3-7/h2-6H,1H3. The van der Waals surface area contributed by atoms with Crippen molar-refractivity contribution in [2.24, 2.45) is 7.05 Å². The summed E-state index contributed by atoms with van der Waals surface area (Å²) in [6, 6.07) is 3.78. The molecule has 0 fully saturated rings. The van der Waals surface area contributed by atoms with E-state index in [0.717, 1.165) is 20.4 Å². The number of fused-ring (bicyclic) bond motifs is 1. The molecule has 0 aromatic carbocycles. The van der Waals surface area contributed by atoms with Crippen LogP contribution in [-0.2, 0) is 7.05 Å². The molecule has 4 nitrogen and oxygen atoms in total. The molecule has 0 aliphatic rings. The summed E-state index contributed by atoms with van der Waals surface area (Å²) in [4.78, 5) is 16.1. The van der Waals surface area contributed by atoms with Gasteiger partial charge in [0.25, 0.3) is 5.56 Å². The molecule has 0 atom stereocenters. The number of thiophene rings is 1. The van der Waals surface area contributed by atoms with Crippen molar-refractivity contribution >= 4 is 37.4 Å². The highest BCUT2D eigenvalue weighted by molar-refractivity contribution is 9.10. The van der Waals surface area contributed by atoms with Gasteiger partial charge in [-0.2, -0.15) is 5.10 Å². The van der Waals surface area contributed by atoms with Crippen LogP contribution in [0.2, 0.25) is 0 Å². The van der Waals surface area contributed by atoms with E-state index in [2.05, 4.69) is 26.0 Å². The molecule has 0 N–H and O–H groups in total. The smallest absolute Gasteiger partial charge is 0.267 e. The summed E-state index contributed by atoms with van der Waals surface area (Å²) in [6.45, 7) is 0. The predicted octanol–water partition coefficient (Wildman–Crippen LogP) is 2.82. The maximum atomic E-state index is 12.1. The fourth-order valence-electron chi connectivity index (χ4n) is 1.81. The largest absolute Gasteiger partial charge is 0.276 e. The number of hydrogen-bond donors (Lipinski definition) is 0. The van der Waals surface area contributed by atoms with Gasteiger partial charge in [-0.1, -0.05) is 0 Å². The number of aromatic nitrogens is 3. The molecule has 3 aromatic heterocycles. The summed E-state index contributed by atoms with van der Waals surface area (Å²) < 4.78 is 3.09. The summed E-state index contributed by atoms with van der Waals surface area (Å²) in [6.07, 6.45) is 3.44. The number of aryl methyl sites for hydroxylation is 1. The lowest BCUT2D eigenvalue weighted by molar-refractivity contribution is 0.723. The zero-order valence-electron chi connectivity index (χ0n) is 9.42. The molecular weight excluding hydrogens is 314 g/mol. The fourth-order valence-corrected chi connectivity index (χ4v) is 3.52. The Balaban J connectivity index is 2.45. The average Bonchev–Trinajstić information content (AvgIpc) is 2.77. The summed E-state index contributed by atoms with van der Waals surface area (Å²) in [5, 5.41) is 6.95. The lowest BCUT2D eigenvalue weighted by Crippen LogP contribution is -2.19. The van der Waals surface area contributed by atoms with Gasteiger partial charge in [-0.15, -0.1) is 11.3 Å². The molecule has 0 saturated heterocycles. The molecule has 0 unspecified atom stereocenters. The van der Waals surface area contributed by atoms with Crippen molar-refractivity contribution in [3.8, 4) is 11.3 Å². The number of nitrogens with zero attached hydrogens (tertiary/aromatic N) is 3. The molecule has 3 aromatic rings. The summed E-state index contributed by atoms with van der Waals surface area (Å²) in [7, 11) is 1.66. The second-order valence-corrected chi connectivity index (χ2v) is 5.54. The van der Waals surface area contributed by atoms with Gasteiger partial charge in [-0.25, -0.2) is 4.68 Å². The van der Waals surface area contributed by atoms with E-state index in [9.17, 15) is 4.79 Å². The molecule has 0 aliphatic heterocycles. The van der Waals surface area contributed by atoms with Crippen molar-refractivity contribution in [1.82, 2.24) is 14.8 Å². The molecule has 0 bridgehead atoms. The quantitative estimate of drug-likeness (QED) is 0.692. The highest BCUT2D eigenvalue weighted by Gasteiger charge is 2.14. The first-order valence-corrected chi connectivity index (χ1v) is 6.90. The third kappa shape index (κ3) is 1.69. The van der Waals surface area contributed by atoms with E-state index >= 15 is 0 Å². The van der Waals surface area contributed by atoms with Crippen LogP contribution in [0.4, 0.5) is 0 Å². The van der Waals surface area contributed by atoms with Gasteiger partial charge in [0.2, 0.25) is 0 Å². The van der Waals surface area contributed by atoms with Crippen LogP contribution in [0.5, 0.6) is 0 Å². The highest BCUT2D eigenvalue weighted by Crippen LogP contribution is 2.33. The molecule has 0 amide bonds. The first-order chi connectivity index (χ1) is 8.68. The first kappa shape index (κ1) is 11.6. The minimum atomic E-state index is -0.0871. The van der Waals surface area contributed by atoms with E-state index < -0.39 is 0 Å². The zero-order valence-corrected chi connectivity index (χ0v) is 11.8. The van der Waals surface area contributed by atoms with Gasteiger partial charge in [0, 0.05) is 34.9 Å². The van der Waals surface area contributed by atoms with E-state index in [4.69, 9.17) is 0 Å². The second-order valence-electron chi connectivity index (χ2n) is 3.80. The van der Waals surface area contributed by atoms with Gasteiger partial charge < -0.3 is 0 Å². The number of hydrogen-bond acceptors (Lipinski definition) is 4. The van der Waals surface area contributed by atoms with E-state index in [1.54, 1.807) is 19.4 Å². The summed E-state index contributed by atoms with van der Waals surface area (Å²) in [5.74, 6) is 0. The maximum absolute atomic E-state index is 12.1.